The number of hydrogen-bond acceptors (Lipinski definition) is 4. The number of rotatable bonds is 11. The summed E-state index contributed by atoms with van der Waals surface area (Å²) in [6.45, 7) is 7.06. The Morgan fingerprint density at radius 2 is 1.77 bits per heavy atom. The predicted octanol–water partition coefficient (Wildman–Crippen LogP) is 8.93. The quantitative estimate of drug-likeness (QED) is 0.215. The monoisotopic (exact) mass is 600 g/mol. The van der Waals surface area contributed by atoms with Crippen molar-refractivity contribution < 1.29 is 19.4 Å². The van der Waals surface area contributed by atoms with Crippen molar-refractivity contribution in [2.75, 3.05) is 20.3 Å². The van der Waals surface area contributed by atoms with Gasteiger partial charge in [-0.1, -0.05) is 38.3 Å². The minimum atomic E-state index is -0.889. The number of nitrogens with one attached hydrogen (secondary N) is 1. The van der Waals surface area contributed by atoms with Gasteiger partial charge in [-0.05, 0) is 117 Å². The average molecular weight is 601 g/mol. The third kappa shape index (κ3) is 7.02. The molecule has 0 bridgehead atoms. The van der Waals surface area contributed by atoms with E-state index in [4.69, 9.17) is 9.47 Å². The van der Waals surface area contributed by atoms with Gasteiger partial charge in [-0.3, -0.25) is 4.90 Å². The molecule has 1 saturated heterocycles. The summed E-state index contributed by atoms with van der Waals surface area (Å²) in [7, 11) is 1.75. The van der Waals surface area contributed by atoms with Crippen LogP contribution in [0.25, 0.3) is 10.9 Å². The summed E-state index contributed by atoms with van der Waals surface area (Å²) in [6, 6.07) is 11.9. The number of ether oxygens (including phenoxy) is 2. The van der Waals surface area contributed by atoms with Crippen LogP contribution in [0.3, 0.4) is 0 Å². The van der Waals surface area contributed by atoms with E-state index < -0.39 is 5.97 Å². The van der Waals surface area contributed by atoms with Crippen molar-refractivity contribution in [2.24, 2.45) is 23.7 Å². The van der Waals surface area contributed by atoms with Gasteiger partial charge in [0.05, 0.1) is 18.8 Å². The lowest BCUT2D eigenvalue weighted by Gasteiger charge is -2.40. The fourth-order valence-corrected chi connectivity index (χ4v) is 8.68. The van der Waals surface area contributed by atoms with Gasteiger partial charge in [-0.25, -0.2) is 4.79 Å². The number of aromatic carboxylic acids is 1. The molecule has 238 valence electrons. The second-order valence-corrected chi connectivity index (χ2v) is 14.2. The Bertz CT molecular complexity index is 1390. The Morgan fingerprint density at radius 3 is 2.52 bits per heavy atom. The van der Waals surface area contributed by atoms with Crippen LogP contribution in [0.4, 0.5) is 0 Å². The van der Waals surface area contributed by atoms with E-state index in [1.165, 1.54) is 67.9 Å². The van der Waals surface area contributed by atoms with Crippen molar-refractivity contribution in [2.45, 2.75) is 103 Å². The fraction of sp³-hybridized carbons (Fsp3) is 0.605. The predicted molar refractivity (Wildman–Crippen MR) is 176 cm³/mol. The number of aromatic nitrogens is 1. The Labute approximate surface area is 263 Å². The molecule has 0 spiro atoms. The molecule has 2 aromatic carbocycles. The number of likely N-dealkylation sites (tertiary alicyclic amines) is 1. The zero-order valence-electron chi connectivity index (χ0n) is 27.0. The van der Waals surface area contributed by atoms with Crippen LogP contribution in [0.15, 0.2) is 42.6 Å². The number of aromatic amines is 1. The van der Waals surface area contributed by atoms with E-state index in [9.17, 15) is 9.90 Å². The molecule has 6 rings (SSSR count). The highest BCUT2D eigenvalue weighted by atomic mass is 16.5. The first-order valence-corrected chi connectivity index (χ1v) is 17.2. The van der Waals surface area contributed by atoms with Gasteiger partial charge >= 0.3 is 5.97 Å². The Balaban J connectivity index is 1.08. The van der Waals surface area contributed by atoms with E-state index in [-0.39, 0.29) is 12.1 Å². The third-order valence-corrected chi connectivity index (χ3v) is 11.3. The fourth-order valence-electron chi connectivity index (χ4n) is 8.68. The van der Waals surface area contributed by atoms with Crippen LogP contribution in [-0.4, -0.2) is 47.3 Å². The lowest BCUT2D eigenvalue weighted by Crippen LogP contribution is -2.39. The molecule has 6 heteroatoms. The number of carbonyl (C=O) groups is 1. The lowest BCUT2D eigenvalue weighted by atomic mass is 9.75. The maximum absolute atomic E-state index is 11.5. The molecule has 2 N–H and O–H groups in total. The highest BCUT2D eigenvalue weighted by Crippen LogP contribution is 2.44. The van der Waals surface area contributed by atoms with Crippen LogP contribution in [0.5, 0.6) is 5.75 Å². The first kappa shape index (κ1) is 31.2. The van der Waals surface area contributed by atoms with Crippen molar-refractivity contribution in [3.8, 4) is 5.75 Å². The zero-order valence-corrected chi connectivity index (χ0v) is 27.0. The van der Waals surface area contributed by atoms with Crippen molar-refractivity contribution in [3.63, 3.8) is 0 Å². The van der Waals surface area contributed by atoms with Crippen LogP contribution in [-0.2, 0) is 11.3 Å². The minimum absolute atomic E-state index is 0.144. The number of nitrogens with zero attached hydrogens (tertiary/aromatic N) is 1. The molecule has 0 amide bonds. The summed E-state index contributed by atoms with van der Waals surface area (Å²) in [5, 5.41) is 10.7. The molecule has 1 aromatic heterocycles. The summed E-state index contributed by atoms with van der Waals surface area (Å²) < 4.78 is 12.4. The Hall–Kier alpha value is -2.83. The van der Waals surface area contributed by atoms with Gasteiger partial charge in [0.2, 0.25) is 0 Å². The molecule has 2 heterocycles. The topological polar surface area (TPSA) is 74.8 Å². The molecule has 4 atom stereocenters. The number of carboxylic acid groups (broad SMARTS) is 1. The van der Waals surface area contributed by atoms with E-state index in [2.05, 4.69) is 35.9 Å². The van der Waals surface area contributed by atoms with Crippen LogP contribution in [0, 0.1) is 30.6 Å². The number of carboxylic acids is 1. The van der Waals surface area contributed by atoms with Crippen molar-refractivity contribution in [1.82, 2.24) is 9.88 Å². The average Bonchev–Trinajstić information content (AvgIpc) is 3.72. The van der Waals surface area contributed by atoms with Crippen LogP contribution in [0.1, 0.15) is 111 Å². The third-order valence-electron chi connectivity index (χ3n) is 11.3. The molecule has 6 nitrogen and oxygen atoms in total. The summed E-state index contributed by atoms with van der Waals surface area (Å²) in [6.07, 6.45) is 16.7. The molecule has 3 fully saturated rings. The number of benzene rings is 2. The van der Waals surface area contributed by atoms with Gasteiger partial charge in [-0.2, -0.15) is 0 Å². The maximum Gasteiger partial charge on any atom is 0.335 e. The molecular formula is C38H52N2O4. The normalized spacial score (nSPS) is 28.0. The van der Waals surface area contributed by atoms with E-state index in [0.29, 0.717) is 5.56 Å². The second kappa shape index (κ2) is 14.1. The van der Waals surface area contributed by atoms with Gasteiger partial charge in [0.1, 0.15) is 5.75 Å². The molecule has 2 unspecified atom stereocenters. The molecule has 44 heavy (non-hydrogen) atoms. The van der Waals surface area contributed by atoms with Crippen molar-refractivity contribution in [3.05, 3.63) is 64.8 Å². The van der Waals surface area contributed by atoms with Gasteiger partial charge in [-0.15, -0.1) is 0 Å². The highest BCUT2D eigenvalue weighted by Gasteiger charge is 2.34. The van der Waals surface area contributed by atoms with E-state index in [0.717, 1.165) is 79.5 Å². The maximum atomic E-state index is 11.5. The Morgan fingerprint density at radius 1 is 1.00 bits per heavy atom. The largest absolute Gasteiger partial charge is 0.496 e. The van der Waals surface area contributed by atoms with Gasteiger partial charge in [0, 0.05) is 48.4 Å². The van der Waals surface area contributed by atoms with Gasteiger partial charge < -0.3 is 19.6 Å². The van der Waals surface area contributed by atoms with Crippen LogP contribution in [0.2, 0.25) is 0 Å². The van der Waals surface area contributed by atoms with Crippen LogP contribution >= 0.6 is 0 Å². The molecule has 3 aliphatic rings. The molecule has 2 saturated carbocycles. The highest BCUT2D eigenvalue weighted by molar-refractivity contribution is 5.88. The first-order valence-electron chi connectivity index (χ1n) is 17.2. The summed E-state index contributed by atoms with van der Waals surface area (Å²) >= 11 is 0. The number of hydrogen-bond donors (Lipinski definition) is 2. The number of fused-ring (bicyclic) bond motifs is 1. The number of aryl methyl sites for hydroxylation is 1. The zero-order chi connectivity index (χ0) is 30.6. The van der Waals surface area contributed by atoms with Crippen molar-refractivity contribution in [1.29, 1.82) is 0 Å². The standard InChI is InChI=1S/C38H52N2O4/c1-25-6-9-28(10-7-25)31-11-8-27(22-31)5-4-20-44-32-17-19-40(35(23-32)29-12-14-30(15-13-29)38(41)42)24-34-33-16-18-39-37(33)26(2)21-36(34)43-3/h12-16,18,21,25,27-28,31-32,35,39H,4-11,17,19-20,22-24H2,1-3H3,(H,41,42)/t25?,27?,28?,31?,32-,35-/m0/s1. The number of piperidine rings is 1. The van der Waals surface area contributed by atoms with Gasteiger partial charge in [0.15, 0.2) is 0 Å². The lowest BCUT2D eigenvalue weighted by molar-refractivity contribution is -0.0209. The first-order chi connectivity index (χ1) is 21.4. The van der Waals surface area contributed by atoms with E-state index in [1.54, 1.807) is 19.2 Å². The summed E-state index contributed by atoms with van der Waals surface area (Å²) in [4.78, 5) is 17.5. The molecule has 1 aliphatic heterocycles. The van der Waals surface area contributed by atoms with Crippen molar-refractivity contribution >= 4 is 16.9 Å². The number of methoxy groups -OCH3 is 1. The molecule has 2 aliphatic carbocycles. The van der Waals surface area contributed by atoms with Gasteiger partial charge in [0.25, 0.3) is 0 Å². The molecular weight excluding hydrogens is 548 g/mol. The number of H-pyrrole nitrogens is 1. The smallest absolute Gasteiger partial charge is 0.335 e. The van der Waals surface area contributed by atoms with Crippen LogP contribution < -0.4 is 4.74 Å². The van der Waals surface area contributed by atoms with E-state index in [1.807, 2.05) is 18.3 Å². The second-order valence-electron chi connectivity index (χ2n) is 14.2. The SMILES string of the molecule is COc1cc(C)c2[nH]ccc2c1CN1CC[C@H](OCCCC2CCC(C3CCC(C)CC3)C2)C[C@H]1c1ccc(C(=O)O)cc1. The Kier molecular flexibility index (Phi) is 9.97. The molecule has 3 aromatic rings. The summed E-state index contributed by atoms with van der Waals surface area (Å²) in [5.74, 6) is 3.83. The molecule has 0 radical (unpaired) electrons. The van der Waals surface area contributed by atoms with E-state index >= 15 is 0 Å². The minimum Gasteiger partial charge on any atom is -0.496 e. The summed E-state index contributed by atoms with van der Waals surface area (Å²) in [5.41, 5.74) is 5.00.